The molecule has 3 heterocycles. The van der Waals surface area contributed by atoms with Gasteiger partial charge in [0.05, 0.1) is 10.9 Å². The van der Waals surface area contributed by atoms with Crippen LogP contribution in [-0.2, 0) is 4.79 Å². The van der Waals surface area contributed by atoms with Crippen LogP contribution in [0.15, 0.2) is 41.3 Å². The lowest BCUT2D eigenvalue weighted by atomic mass is 10.0. The number of primary amides is 1. The van der Waals surface area contributed by atoms with Gasteiger partial charge in [0.1, 0.15) is 17.1 Å². The first-order valence-electron chi connectivity index (χ1n) is 8.05. The average molecular weight is 335 g/mol. The van der Waals surface area contributed by atoms with Crippen molar-refractivity contribution in [2.24, 2.45) is 11.7 Å². The summed E-state index contributed by atoms with van der Waals surface area (Å²) in [4.78, 5) is 37.6. The van der Waals surface area contributed by atoms with Crippen molar-refractivity contribution < 1.29 is 4.79 Å². The van der Waals surface area contributed by atoms with Gasteiger partial charge in [0.25, 0.3) is 5.56 Å². The number of carbonyl (C=O) groups excluding carboxylic acids is 1. The molecule has 4 bridgehead atoms. The molecule has 0 saturated carbocycles. The highest BCUT2D eigenvalue weighted by atomic mass is 16.2. The van der Waals surface area contributed by atoms with Gasteiger partial charge in [-0.25, -0.2) is 4.98 Å². The lowest BCUT2D eigenvalue weighted by molar-refractivity contribution is -0.122. The largest absolute Gasteiger partial charge is 0.368 e. The third-order valence-corrected chi connectivity index (χ3v) is 4.43. The van der Waals surface area contributed by atoms with Crippen LogP contribution < -0.4 is 11.3 Å². The number of H-pyrrole nitrogens is 1. The fourth-order valence-corrected chi connectivity index (χ4v) is 3.31. The number of rotatable bonds is 3. The molecule has 0 unspecified atom stereocenters. The summed E-state index contributed by atoms with van der Waals surface area (Å²) >= 11 is 0. The van der Waals surface area contributed by atoms with Crippen LogP contribution in [0.1, 0.15) is 19.9 Å². The van der Waals surface area contributed by atoms with Crippen LogP contribution in [0.5, 0.6) is 0 Å². The van der Waals surface area contributed by atoms with E-state index in [2.05, 4.69) is 15.0 Å². The van der Waals surface area contributed by atoms with E-state index in [1.807, 2.05) is 19.9 Å². The van der Waals surface area contributed by atoms with Crippen LogP contribution in [0.3, 0.4) is 0 Å². The highest BCUT2D eigenvalue weighted by Gasteiger charge is 2.24. The summed E-state index contributed by atoms with van der Waals surface area (Å²) < 4.78 is 1.46. The topological polar surface area (TPSA) is 107 Å². The van der Waals surface area contributed by atoms with Gasteiger partial charge in [0.15, 0.2) is 5.65 Å². The maximum atomic E-state index is 13.4. The lowest BCUT2D eigenvalue weighted by Gasteiger charge is -2.21. The minimum Gasteiger partial charge on any atom is -0.368 e. The predicted molar refractivity (Wildman–Crippen MR) is 96.2 cm³/mol. The van der Waals surface area contributed by atoms with Gasteiger partial charge < -0.3 is 10.7 Å². The molecule has 126 valence electrons. The Labute approximate surface area is 142 Å². The summed E-state index contributed by atoms with van der Waals surface area (Å²) in [6.07, 6.45) is 1.60. The number of nitrogens with two attached hydrogens (primary N) is 1. The third-order valence-electron chi connectivity index (χ3n) is 4.43. The summed E-state index contributed by atoms with van der Waals surface area (Å²) in [6.45, 7) is 3.73. The Hall–Kier alpha value is -3.22. The molecule has 7 heteroatoms. The van der Waals surface area contributed by atoms with Crippen molar-refractivity contribution in [2.45, 2.75) is 19.9 Å². The second kappa shape index (κ2) is 5.41. The van der Waals surface area contributed by atoms with E-state index in [9.17, 15) is 9.59 Å². The fourth-order valence-electron chi connectivity index (χ4n) is 3.31. The first-order chi connectivity index (χ1) is 12.0. The van der Waals surface area contributed by atoms with E-state index in [1.54, 1.807) is 30.5 Å². The summed E-state index contributed by atoms with van der Waals surface area (Å²) in [5, 5.41) is 0.425. The maximum Gasteiger partial charge on any atom is 0.261 e. The van der Waals surface area contributed by atoms with Gasteiger partial charge in [0, 0.05) is 11.7 Å². The van der Waals surface area contributed by atoms with Crippen molar-refractivity contribution in [3.63, 3.8) is 0 Å². The van der Waals surface area contributed by atoms with Crippen LogP contribution in [0.2, 0.25) is 0 Å². The molecule has 0 spiro atoms. The van der Waals surface area contributed by atoms with Crippen LogP contribution in [0, 0.1) is 5.92 Å². The molecule has 1 aromatic carbocycles. The number of aromatic nitrogens is 4. The zero-order chi connectivity index (χ0) is 17.7. The molecular weight excluding hydrogens is 318 g/mol. The van der Waals surface area contributed by atoms with Gasteiger partial charge in [-0.1, -0.05) is 19.9 Å². The number of pyridine rings is 1. The van der Waals surface area contributed by atoms with Crippen molar-refractivity contribution in [1.29, 1.82) is 0 Å². The van der Waals surface area contributed by atoms with Crippen LogP contribution in [0.4, 0.5) is 0 Å². The van der Waals surface area contributed by atoms with Crippen molar-refractivity contribution >= 4 is 39.0 Å². The predicted octanol–water partition coefficient (Wildman–Crippen LogP) is 2.11. The average Bonchev–Trinajstić information content (AvgIpc) is 3.02. The molecule has 0 aliphatic carbocycles. The van der Waals surface area contributed by atoms with E-state index < -0.39 is 11.9 Å². The second-order valence-electron chi connectivity index (χ2n) is 6.45. The number of fused-ring (bicyclic) bond motifs is 4. The van der Waals surface area contributed by atoms with E-state index in [1.165, 1.54) is 4.57 Å². The highest BCUT2D eigenvalue weighted by molar-refractivity contribution is 5.97. The quantitative estimate of drug-likeness (QED) is 0.598. The number of benzene rings is 1. The number of aromatic amines is 1. The molecule has 1 atom stereocenters. The van der Waals surface area contributed by atoms with E-state index in [0.29, 0.717) is 27.6 Å². The number of para-hydroxylation sites is 1. The molecule has 0 fully saturated rings. The van der Waals surface area contributed by atoms with Gasteiger partial charge >= 0.3 is 0 Å². The maximum absolute atomic E-state index is 13.4. The fraction of sp³-hybridized carbons (Fsp3) is 0.222. The van der Waals surface area contributed by atoms with Crippen LogP contribution >= 0.6 is 0 Å². The van der Waals surface area contributed by atoms with E-state index in [-0.39, 0.29) is 11.5 Å². The number of hydrogen-bond acceptors (Lipinski definition) is 4. The van der Waals surface area contributed by atoms with Gasteiger partial charge in [0.2, 0.25) is 5.91 Å². The molecule has 7 nitrogen and oxygen atoms in total. The minimum absolute atomic E-state index is 0.146. The minimum atomic E-state index is -0.770. The first-order valence-corrected chi connectivity index (χ1v) is 8.05. The Morgan fingerprint density at radius 1 is 1.28 bits per heavy atom. The number of nitrogens with one attached hydrogen (secondary N) is 1. The van der Waals surface area contributed by atoms with E-state index >= 15 is 0 Å². The molecule has 0 radical (unpaired) electrons. The lowest BCUT2D eigenvalue weighted by Crippen LogP contribution is -2.36. The number of nitrogens with zero attached hydrogens (tertiary/aromatic N) is 3. The first kappa shape index (κ1) is 15.3. The molecule has 25 heavy (non-hydrogen) atoms. The number of carbonyl (C=O) groups is 1. The molecular formula is C18H17N5O2. The highest BCUT2D eigenvalue weighted by Crippen LogP contribution is 2.23. The van der Waals surface area contributed by atoms with E-state index in [4.69, 9.17) is 5.73 Å². The summed E-state index contributed by atoms with van der Waals surface area (Å²) in [5.74, 6) is -0.693. The Morgan fingerprint density at radius 3 is 2.80 bits per heavy atom. The summed E-state index contributed by atoms with van der Waals surface area (Å²) in [7, 11) is 0. The number of hydrogen-bond donors (Lipinski definition) is 2. The van der Waals surface area contributed by atoms with Crippen molar-refractivity contribution in [2.75, 3.05) is 0 Å². The Balaban J connectivity index is 2.32. The van der Waals surface area contributed by atoms with E-state index in [0.717, 1.165) is 5.52 Å². The molecule has 0 aliphatic heterocycles. The SMILES string of the molecule is CC(C)[C@@H](C(N)=O)n1c(=O)c2cccc3[nH]c(nc32)c2cc1ccn2. The molecule has 3 aromatic heterocycles. The molecule has 1 amide bonds. The Morgan fingerprint density at radius 2 is 2.08 bits per heavy atom. The standard InChI is InChI=1S/C18H17N5O2/c1-9(2)15(16(19)24)23-10-6-7-20-13(8-10)17-21-12-5-3-4-11(18(23)25)14(12)22-17/h3-9,15H,1-2H3,(H2,19,24)(H,21,22)/t15-/m0/s1. The molecule has 4 aromatic rings. The monoisotopic (exact) mass is 335 g/mol. The van der Waals surface area contributed by atoms with Crippen LogP contribution in [-0.4, -0.2) is 25.4 Å². The van der Waals surface area contributed by atoms with Crippen molar-refractivity contribution in [1.82, 2.24) is 19.5 Å². The molecule has 3 N–H and O–H groups in total. The molecule has 0 saturated heterocycles. The summed E-state index contributed by atoms with van der Waals surface area (Å²) in [5.41, 5.74) is 8.39. The zero-order valence-corrected chi connectivity index (χ0v) is 13.9. The Kier molecular flexibility index (Phi) is 3.31. The number of amides is 1. The van der Waals surface area contributed by atoms with Gasteiger partial charge in [-0.15, -0.1) is 0 Å². The summed E-state index contributed by atoms with van der Waals surface area (Å²) in [6, 6.07) is 8.03. The second-order valence-corrected chi connectivity index (χ2v) is 6.45. The Bertz CT molecular complexity index is 1190. The van der Waals surface area contributed by atoms with Crippen LogP contribution in [0.25, 0.3) is 33.1 Å². The van der Waals surface area contributed by atoms with Gasteiger partial charge in [-0.05, 0) is 30.2 Å². The third kappa shape index (κ3) is 2.27. The molecule has 4 rings (SSSR count). The smallest absolute Gasteiger partial charge is 0.261 e. The normalized spacial score (nSPS) is 13.1. The zero-order valence-electron chi connectivity index (χ0n) is 13.9. The van der Waals surface area contributed by atoms with Gasteiger partial charge in [-0.2, -0.15) is 0 Å². The molecule has 0 aliphatic rings. The van der Waals surface area contributed by atoms with Crippen molar-refractivity contribution in [3.05, 3.63) is 46.9 Å². The number of imidazole rings is 1. The van der Waals surface area contributed by atoms with Gasteiger partial charge in [-0.3, -0.25) is 19.1 Å². The van der Waals surface area contributed by atoms with Crippen molar-refractivity contribution in [3.8, 4) is 0 Å².